The van der Waals surface area contributed by atoms with Crippen molar-refractivity contribution in [2.24, 2.45) is 0 Å². The first kappa shape index (κ1) is 22.6. The topological polar surface area (TPSA) is 68.5 Å². The quantitative estimate of drug-likeness (QED) is 0.410. The third-order valence-corrected chi connectivity index (χ3v) is 5.42. The van der Waals surface area contributed by atoms with Crippen LogP contribution in [-0.2, 0) is 6.18 Å². The molecule has 0 spiro atoms. The lowest BCUT2D eigenvalue weighted by atomic mass is 10.1. The Hall–Kier alpha value is -3.59. The summed E-state index contributed by atoms with van der Waals surface area (Å²) in [4.78, 5) is 17.1. The number of benzene rings is 2. The van der Waals surface area contributed by atoms with E-state index >= 15 is 0 Å². The second kappa shape index (κ2) is 8.74. The zero-order chi connectivity index (χ0) is 23.8. The molecular formula is C23H18ClF3N4O2. The lowest BCUT2D eigenvalue weighted by molar-refractivity contribution is -0.142. The number of rotatable bonds is 5. The molecule has 1 unspecified atom stereocenters. The predicted octanol–water partition coefficient (Wildman–Crippen LogP) is 5.57. The number of aromatic nitrogens is 3. The number of amides is 1. The van der Waals surface area contributed by atoms with E-state index in [1.807, 2.05) is 30.3 Å². The summed E-state index contributed by atoms with van der Waals surface area (Å²) in [7, 11) is 1.48. The predicted molar refractivity (Wildman–Crippen MR) is 117 cm³/mol. The summed E-state index contributed by atoms with van der Waals surface area (Å²) < 4.78 is 47.2. The summed E-state index contributed by atoms with van der Waals surface area (Å²) in [5.41, 5.74) is -0.440. The van der Waals surface area contributed by atoms with Gasteiger partial charge in [0.2, 0.25) is 0 Å². The lowest BCUT2D eigenvalue weighted by Gasteiger charge is -2.13. The van der Waals surface area contributed by atoms with E-state index in [0.29, 0.717) is 15.8 Å². The Morgan fingerprint density at radius 3 is 2.39 bits per heavy atom. The number of nitrogens with one attached hydrogen (secondary N) is 1. The van der Waals surface area contributed by atoms with Gasteiger partial charge in [0.05, 0.1) is 18.8 Å². The molecule has 0 radical (unpaired) electrons. The summed E-state index contributed by atoms with van der Waals surface area (Å²) in [5.74, 6) is -0.161. The van der Waals surface area contributed by atoms with E-state index in [0.717, 1.165) is 11.6 Å². The van der Waals surface area contributed by atoms with Gasteiger partial charge in [-0.1, -0.05) is 41.9 Å². The van der Waals surface area contributed by atoms with Crippen molar-refractivity contribution in [2.45, 2.75) is 19.1 Å². The fraction of sp³-hybridized carbons (Fsp3) is 0.174. The Labute approximate surface area is 192 Å². The number of methoxy groups -OCH3 is 1. The van der Waals surface area contributed by atoms with E-state index in [2.05, 4.69) is 15.4 Å². The molecular weight excluding hydrogens is 457 g/mol. The van der Waals surface area contributed by atoms with Gasteiger partial charge in [-0.15, -0.1) is 0 Å². The second-order valence-electron chi connectivity index (χ2n) is 7.26. The van der Waals surface area contributed by atoms with E-state index in [-0.39, 0.29) is 22.1 Å². The molecule has 0 aliphatic heterocycles. The third-order valence-electron chi connectivity index (χ3n) is 5.07. The molecule has 0 aliphatic carbocycles. The Morgan fingerprint density at radius 2 is 1.79 bits per heavy atom. The Morgan fingerprint density at radius 1 is 1.12 bits per heavy atom. The van der Waals surface area contributed by atoms with Crippen molar-refractivity contribution in [3.8, 4) is 17.0 Å². The molecule has 33 heavy (non-hydrogen) atoms. The minimum Gasteiger partial charge on any atom is -0.497 e. The summed E-state index contributed by atoms with van der Waals surface area (Å²) in [6.07, 6.45) is -4.76. The molecule has 2 aromatic heterocycles. The minimum atomic E-state index is -4.76. The summed E-state index contributed by atoms with van der Waals surface area (Å²) >= 11 is 6.32. The number of halogens is 4. The highest BCUT2D eigenvalue weighted by atomic mass is 35.5. The Bertz CT molecular complexity index is 1310. The minimum absolute atomic E-state index is 0.0314. The zero-order valence-electron chi connectivity index (χ0n) is 17.5. The van der Waals surface area contributed by atoms with Crippen molar-refractivity contribution < 1.29 is 22.7 Å². The Kier molecular flexibility index (Phi) is 5.99. The van der Waals surface area contributed by atoms with Gasteiger partial charge < -0.3 is 10.1 Å². The van der Waals surface area contributed by atoms with Crippen LogP contribution >= 0.6 is 11.6 Å². The van der Waals surface area contributed by atoms with Gasteiger partial charge in [0.1, 0.15) is 10.8 Å². The monoisotopic (exact) mass is 474 g/mol. The van der Waals surface area contributed by atoms with Crippen LogP contribution in [0.25, 0.3) is 16.9 Å². The van der Waals surface area contributed by atoms with E-state index < -0.39 is 23.8 Å². The molecule has 2 aromatic carbocycles. The van der Waals surface area contributed by atoms with Crippen molar-refractivity contribution in [2.75, 3.05) is 7.11 Å². The average Bonchev–Trinajstić information content (AvgIpc) is 3.15. The second-order valence-corrected chi connectivity index (χ2v) is 7.63. The van der Waals surface area contributed by atoms with Crippen LogP contribution in [0, 0.1) is 0 Å². The van der Waals surface area contributed by atoms with Crippen LogP contribution < -0.4 is 10.1 Å². The van der Waals surface area contributed by atoms with Gasteiger partial charge in [-0.25, -0.2) is 9.50 Å². The standard InChI is InChI=1S/C23H18ClF3N4O2/c1-13(14-6-4-3-5-7-14)28-22(32)20-19(24)21-29-17(15-8-10-16(33-2)11-9-15)12-18(23(25,26)27)31(21)30-20/h3-13H,1-2H3,(H,28,32). The SMILES string of the molecule is COc1ccc(-c2cc(C(F)(F)F)n3nc(C(=O)NC(C)c4ccccc4)c(Cl)c3n2)cc1. The maximum absolute atomic E-state index is 13.9. The number of carbonyl (C=O) groups excluding carboxylic acids is 1. The molecule has 0 bridgehead atoms. The lowest BCUT2D eigenvalue weighted by Crippen LogP contribution is -2.27. The van der Waals surface area contributed by atoms with Gasteiger partial charge in [0.15, 0.2) is 17.0 Å². The first-order chi connectivity index (χ1) is 15.7. The number of fused-ring (bicyclic) bond motifs is 1. The van der Waals surface area contributed by atoms with Crippen LogP contribution in [0.15, 0.2) is 60.7 Å². The molecule has 0 saturated carbocycles. The first-order valence-corrected chi connectivity index (χ1v) is 10.2. The Balaban J connectivity index is 1.78. The van der Waals surface area contributed by atoms with Crippen LogP contribution in [0.5, 0.6) is 5.75 Å². The van der Waals surface area contributed by atoms with Gasteiger partial charge in [-0.2, -0.15) is 18.3 Å². The van der Waals surface area contributed by atoms with Crippen LogP contribution in [0.2, 0.25) is 5.02 Å². The number of alkyl halides is 3. The van der Waals surface area contributed by atoms with Crippen molar-refractivity contribution in [1.29, 1.82) is 0 Å². The molecule has 0 aliphatic rings. The maximum atomic E-state index is 13.9. The molecule has 0 saturated heterocycles. The van der Waals surface area contributed by atoms with E-state index in [9.17, 15) is 18.0 Å². The molecule has 1 N–H and O–H groups in total. The summed E-state index contributed by atoms with van der Waals surface area (Å²) in [6, 6.07) is 15.9. The van der Waals surface area contributed by atoms with Gasteiger partial charge in [-0.3, -0.25) is 4.79 Å². The highest BCUT2D eigenvalue weighted by Gasteiger charge is 2.36. The fourth-order valence-electron chi connectivity index (χ4n) is 3.34. The van der Waals surface area contributed by atoms with E-state index in [1.165, 1.54) is 7.11 Å². The molecule has 170 valence electrons. The van der Waals surface area contributed by atoms with Gasteiger partial charge >= 0.3 is 6.18 Å². The number of nitrogens with zero attached hydrogens (tertiary/aromatic N) is 3. The smallest absolute Gasteiger partial charge is 0.433 e. The van der Waals surface area contributed by atoms with Gasteiger partial charge in [-0.05, 0) is 42.8 Å². The molecule has 1 amide bonds. The fourth-order valence-corrected chi connectivity index (χ4v) is 3.58. The van der Waals surface area contributed by atoms with Crippen LogP contribution in [-0.4, -0.2) is 27.6 Å². The van der Waals surface area contributed by atoms with Crippen molar-refractivity contribution in [1.82, 2.24) is 19.9 Å². The maximum Gasteiger partial charge on any atom is 0.433 e. The molecule has 2 heterocycles. The molecule has 1 atom stereocenters. The number of hydrogen-bond donors (Lipinski definition) is 1. The zero-order valence-corrected chi connectivity index (χ0v) is 18.3. The van der Waals surface area contributed by atoms with Crippen molar-refractivity contribution in [3.05, 3.63) is 82.6 Å². The van der Waals surface area contributed by atoms with Crippen LogP contribution in [0.3, 0.4) is 0 Å². The highest BCUT2D eigenvalue weighted by molar-refractivity contribution is 6.36. The van der Waals surface area contributed by atoms with E-state index in [4.69, 9.17) is 16.3 Å². The molecule has 0 fully saturated rings. The molecule has 4 rings (SSSR count). The average molecular weight is 475 g/mol. The normalized spacial score (nSPS) is 12.5. The molecule has 10 heteroatoms. The molecule has 4 aromatic rings. The van der Waals surface area contributed by atoms with Crippen LogP contribution in [0.1, 0.15) is 34.7 Å². The molecule has 6 nitrogen and oxygen atoms in total. The number of ether oxygens (including phenoxy) is 1. The van der Waals surface area contributed by atoms with E-state index in [1.54, 1.807) is 31.2 Å². The van der Waals surface area contributed by atoms with Crippen molar-refractivity contribution >= 4 is 23.2 Å². The first-order valence-electron chi connectivity index (χ1n) is 9.85. The van der Waals surface area contributed by atoms with Gasteiger partial charge in [0.25, 0.3) is 5.91 Å². The van der Waals surface area contributed by atoms with Crippen molar-refractivity contribution in [3.63, 3.8) is 0 Å². The largest absolute Gasteiger partial charge is 0.497 e. The number of carbonyl (C=O) groups is 1. The summed E-state index contributed by atoms with van der Waals surface area (Å²) in [6.45, 7) is 1.75. The highest BCUT2D eigenvalue weighted by Crippen LogP contribution is 2.35. The summed E-state index contributed by atoms with van der Waals surface area (Å²) in [5, 5.41) is 6.30. The van der Waals surface area contributed by atoms with Gasteiger partial charge in [0, 0.05) is 5.56 Å². The van der Waals surface area contributed by atoms with Crippen LogP contribution in [0.4, 0.5) is 13.2 Å². The third kappa shape index (κ3) is 4.49. The number of hydrogen-bond acceptors (Lipinski definition) is 4.